The van der Waals surface area contributed by atoms with Crippen LogP contribution in [0.3, 0.4) is 0 Å². The SMILES string of the molecule is COc1ccc(CN2CCC(NC(=O)NCCc3cn4c(n3)CCCC4)CC2)cc1F. The monoisotopic (exact) mass is 429 g/mol. The molecule has 3 heterocycles. The molecule has 1 aromatic carbocycles. The van der Waals surface area contributed by atoms with Gasteiger partial charge < -0.3 is 19.9 Å². The second-order valence-electron chi connectivity index (χ2n) is 8.47. The molecule has 0 radical (unpaired) electrons. The van der Waals surface area contributed by atoms with E-state index in [4.69, 9.17) is 4.74 Å². The van der Waals surface area contributed by atoms with Crippen LogP contribution in [-0.2, 0) is 25.9 Å². The number of methoxy groups -OCH3 is 1. The minimum absolute atomic E-state index is 0.111. The zero-order valence-electron chi connectivity index (χ0n) is 18.2. The van der Waals surface area contributed by atoms with Crippen LogP contribution < -0.4 is 15.4 Å². The van der Waals surface area contributed by atoms with Crippen molar-refractivity contribution in [1.29, 1.82) is 0 Å². The van der Waals surface area contributed by atoms with E-state index in [1.54, 1.807) is 6.07 Å². The van der Waals surface area contributed by atoms with E-state index in [9.17, 15) is 9.18 Å². The molecule has 0 bridgehead atoms. The number of nitrogens with zero attached hydrogens (tertiary/aromatic N) is 3. The Balaban J connectivity index is 1.14. The lowest BCUT2D eigenvalue weighted by molar-refractivity contribution is 0.186. The maximum atomic E-state index is 13.9. The molecule has 0 aliphatic carbocycles. The first-order chi connectivity index (χ1) is 15.1. The fourth-order valence-electron chi connectivity index (χ4n) is 4.43. The number of aryl methyl sites for hydroxylation is 2. The van der Waals surface area contributed by atoms with Crippen LogP contribution in [-0.4, -0.2) is 53.3 Å². The summed E-state index contributed by atoms with van der Waals surface area (Å²) in [4.78, 5) is 19.2. The van der Waals surface area contributed by atoms with E-state index in [-0.39, 0.29) is 23.6 Å². The average molecular weight is 430 g/mol. The molecule has 2 N–H and O–H groups in total. The van der Waals surface area contributed by atoms with Gasteiger partial charge in [-0.05, 0) is 43.4 Å². The third kappa shape index (κ3) is 5.76. The summed E-state index contributed by atoms with van der Waals surface area (Å²) in [6.07, 6.45) is 8.15. The molecule has 2 aliphatic heterocycles. The standard InChI is InChI=1S/C23H32FN5O2/c1-31-21-6-5-17(14-20(21)24)15-28-12-8-18(9-13-28)27-23(30)25-10-7-19-16-29-11-3-2-4-22(29)26-19/h5-6,14,16,18H,2-4,7-13,15H2,1H3,(H2,25,27,30). The van der Waals surface area contributed by atoms with Crippen molar-refractivity contribution < 1.29 is 13.9 Å². The van der Waals surface area contributed by atoms with Crippen molar-refractivity contribution in [3.05, 3.63) is 47.3 Å². The van der Waals surface area contributed by atoms with Crippen molar-refractivity contribution in [3.63, 3.8) is 0 Å². The highest BCUT2D eigenvalue weighted by atomic mass is 19.1. The van der Waals surface area contributed by atoms with Gasteiger partial charge in [0, 0.05) is 57.8 Å². The molecule has 1 aromatic heterocycles. The van der Waals surface area contributed by atoms with Gasteiger partial charge in [0.2, 0.25) is 0 Å². The predicted octanol–water partition coefficient (Wildman–Crippen LogP) is 2.87. The largest absolute Gasteiger partial charge is 0.494 e. The first-order valence-corrected chi connectivity index (χ1v) is 11.2. The molecular formula is C23H32FN5O2. The topological polar surface area (TPSA) is 71.4 Å². The van der Waals surface area contributed by atoms with Gasteiger partial charge >= 0.3 is 6.03 Å². The Labute approximate surface area is 183 Å². The van der Waals surface area contributed by atoms with Crippen molar-refractivity contribution in [1.82, 2.24) is 25.1 Å². The molecule has 168 valence electrons. The molecule has 31 heavy (non-hydrogen) atoms. The number of hydrogen-bond acceptors (Lipinski definition) is 4. The Bertz CT molecular complexity index is 869. The number of hydrogen-bond donors (Lipinski definition) is 2. The molecule has 1 fully saturated rings. The second-order valence-corrected chi connectivity index (χ2v) is 8.47. The number of urea groups is 1. The van der Waals surface area contributed by atoms with E-state index in [1.807, 2.05) is 6.07 Å². The van der Waals surface area contributed by atoms with Crippen LogP contribution >= 0.6 is 0 Å². The number of amides is 2. The average Bonchev–Trinajstić information content (AvgIpc) is 3.18. The van der Waals surface area contributed by atoms with Gasteiger partial charge in [0.15, 0.2) is 11.6 Å². The quantitative estimate of drug-likeness (QED) is 0.710. The lowest BCUT2D eigenvalue weighted by atomic mass is 10.0. The zero-order valence-corrected chi connectivity index (χ0v) is 18.2. The van der Waals surface area contributed by atoms with Crippen LogP contribution in [0.15, 0.2) is 24.4 Å². The number of carbonyl (C=O) groups is 1. The van der Waals surface area contributed by atoms with E-state index in [0.717, 1.165) is 56.6 Å². The number of carbonyl (C=O) groups excluding carboxylic acids is 1. The number of likely N-dealkylation sites (tertiary alicyclic amines) is 1. The summed E-state index contributed by atoms with van der Waals surface area (Å²) < 4.78 is 21.1. The highest BCUT2D eigenvalue weighted by molar-refractivity contribution is 5.74. The molecule has 0 spiro atoms. The Hall–Kier alpha value is -2.61. The highest BCUT2D eigenvalue weighted by Crippen LogP contribution is 2.20. The number of piperidine rings is 1. The van der Waals surface area contributed by atoms with Crippen LogP contribution in [0.4, 0.5) is 9.18 Å². The lowest BCUT2D eigenvalue weighted by Gasteiger charge is -2.32. The Morgan fingerprint density at radius 1 is 1.26 bits per heavy atom. The number of imidazole rings is 1. The maximum absolute atomic E-state index is 13.9. The number of benzene rings is 1. The molecule has 2 amide bonds. The van der Waals surface area contributed by atoms with Gasteiger partial charge in [-0.2, -0.15) is 0 Å². The molecule has 8 heteroatoms. The molecular weight excluding hydrogens is 397 g/mol. The van der Waals surface area contributed by atoms with Crippen molar-refractivity contribution >= 4 is 6.03 Å². The first-order valence-electron chi connectivity index (χ1n) is 11.2. The molecule has 0 saturated carbocycles. The molecule has 0 unspecified atom stereocenters. The summed E-state index contributed by atoms with van der Waals surface area (Å²) in [5.74, 6) is 1.11. The van der Waals surface area contributed by atoms with Crippen molar-refractivity contribution in [2.24, 2.45) is 0 Å². The van der Waals surface area contributed by atoms with Crippen molar-refractivity contribution in [2.45, 2.75) is 57.7 Å². The number of rotatable bonds is 7. The lowest BCUT2D eigenvalue weighted by Crippen LogP contribution is -2.48. The summed E-state index contributed by atoms with van der Waals surface area (Å²) in [5, 5.41) is 6.04. The van der Waals surface area contributed by atoms with Gasteiger partial charge in [0.05, 0.1) is 12.8 Å². The van der Waals surface area contributed by atoms with Gasteiger partial charge in [-0.15, -0.1) is 0 Å². The summed E-state index contributed by atoms with van der Waals surface area (Å²) in [6, 6.07) is 5.16. The Morgan fingerprint density at radius 2 is 2.10 bits per heavy atom. The Morgan fingerprint density at radius 3 is 2.84 bits per heavy atom. The van der Waals surface area contributed by atoms with E-state index in [0.29, 0.717) is 13.1 Å². The van der Waals surface area contributed by atoms with Gasteiger partial charge in [0.25, 0.3) is 0 Å². The third-order valence-corrected chi connectivity index (χ3v) is 6.17. The molecule has 4 rings (SSSR count). The smallest absolute Gasteiger partial charge is 0.315 e. The molecule has 7 nitrogen and oxygen atoms in total. The number of nitrogens with one attached hydrogen (secondary N) is 2. The van der Waals surface area contributed by atoms with E-state index >= 15 is 0 Å². The fraction of sp³-hybridized carbons (Fsp3) is 0.565. The van der Waals surface area contributed by atoms with Crippen LogP contribution in [0.5, 0.6) is 5.75 Å². The number of halogens is 1. The van der Waals surface area contributed by atoms with Gasteiger partial charge in [0.1, 0.15) is 5.82 Å². The van der Waals surface area contributed by atoms with Gasteiger partial charge in [-0.3, -0.25) is 4.90 Å². The summed E-state index contributed by atoms with van der Waals surface area (Å²) in [6.45, 7) is 4.10. The van der Waals surface area contributed by atoms with Gasteiger partial charge in [-0.1, -0.05) is 6.07 Å². The van der Waals surface area contributed by atoms with E-state index < -0.39 is 0 Å². The highest BCUT2D eigenvalue weighted by Gasteiger charge is 2.21. The van der Waals surface area contributed by atoms with Crippen LogP contribution in [0, 0.1) is 5.82 Å². The minimum Gasteiger partial charge on any atom is -0.494 e. The number of fused-ring (bicyclic) bond motifs is 1. The van der Waals surface area contributed by atoms with Crippen LogP contribution in [0.2, 0.25) is 0 Å². The normalized spacial score (nSPS) is 17.2. The molecule has 2 aromatic rings. The molecule has 2 aliphatic rings. The van der Waals surface area contributed by atoms with Crippen LogP contribution in [0.25, 0.3) is 0 Å². The predicted molar refractivity (Wildman–Crippen MR) is 117 cm³/mol. The summed E-state index contributed by atoms with van der Waals surface area (Å²) in [7, 11) is 1.47. The molecule has 1 saturated heterocycles. The van der Waals surface area contributed by atoms with E-state index in [2.05, 4.69) is 31.3 Å². The third-order valence-electron chi connectivity index (χ3n) is 6.17. The number of aromatic nitrogens is 2. The minimum atomic E-state index is -0.330. The maximum Gasteiger partial charge on any atom is 0.315 e. The Kier molecular flexibility index (Phi) is 7.06. The summed E-state index contributed by atoms with van der Waals surface area (Å²) >= 11 is 0. The van der Waals surface area contributed by atoms with E-state index in [1.165, 1.54) is 31.8 Å². The first kappa shape index (κ1) is 21.6. The summed E-state index contributed by atoms with van der Waals surface area (Å²) in [5.41, 5.74) is 1.99. The molecule has 0 atom stereocenters. The number of ether oxygens (including phenoxy) is 1. The van der Waals surface area contributed by atoms with Crippen molar-refractivity contribution in [2.75, 3.05) is 26.7 Å². The van der Waals surface area contributed by atoms with Crippen LogP contribution in [0.1, 0.15) is 42.8 Å². The fourth-order valence-corrected chi connectivity index (χ4v) is 4.43. The van der Waals surface area contributed by atoms with Gasteiger partial charge in [-0.25, -0.2) is 14.2 Å². The second kappa shape index (κ2) is 10.1. The van der Waals surface area contributed by atoms with Crippen molar-refractivity contribution in [3.8, 4) is 5.75 Å². The zero-order chi connectivity index (χ0) is 21.6.